The molecule has 0 unspecified atom stereocenters. The monoisotopic (exact) mass is 253 g/mol. The van der Waals surface area contributed by atoms with Crippen LogP contribution in [0.25, 0.3) is 0 Å². The van der Waals surface area contributed by atoms with E-state index < -0.39 is 0 Å². The van der Waals surface area contributed by atoms with E-state index in [-0.39, 0.29) is 5.56 Å². The summed E-state index contributed by atoms with van der Waals surface area (Å²) in [6.45, 7) is 0. The molecule has 1 fully saturated rings. The normalized spacial score (nSPS) is 18.0. The van der Waals surface area contributed by atoms with E-state index in [4.69, 9.17) is 0 Å². The minimum Gasteiger partial charge on any atom is -0.288 e. The van der Waals surface area contributed by atoms with Gasteiger partial charge < -0.3 is 0 Å². The largest absolute Gasteiger partial charge is 0.288 e. The van der Waals surface area contributed by atoms with E-state index in [2.05, 4.69) is 10.2 Å². The molecule has 1 aliphatic rings. The number of hydrogen-bond acceptors (Lipinski definition) is 4. The van der Waals surface area contributed by atoms with Crippen molar-refractivity contribution in [2.75, 3.05) is 6.26 Å². The molecule has 0 bridgehead atoms. The maximum atomic E-state index is 12.2. The second kappa shape index (κ2) is 5.67. The van der Waals surface area contributed by atoms with E-state index in [0.717, 1.165) is 12.8 Å². The molecule has 94 valence electrons. The van der Waals surface area contributed by atoms with Gasteiger partial charge in [-0.3, -0.25) is 9.36 Å². The van der Waals surface area contributed by atoms with Crippen molar-refractivity contribution in [3.05, 3.63) is 16.0 Å². The third-order valence-corrected chi connectivity index (χ3v) is 4.20. The van der Waals surface area contributed by atoms with Crippen LogP contribution in [0.3, 0.4) is 0 Å². The Labute approximate surface area is 106 Å². The summed E-state index contributed by atoms with van der Waals surface area (Å²) in [5, 5.41) is 9.00. The first-order chi connectivity index (χ1) is 8.24. The lowest BCUT2D eigenvalue weighted by Gasteiger charge is -2.13. The third kappa shape index (κ3) is 2.70. The zero-order valence-corrected chi connectivity index (χ0v) is 11.3. The minimum absolute atomic E-state index is 0.0382. The van der Waals surface area contributed by atoms with Crippen LogP contribution in [-0.2, 0) is 7.05 Å². The van der Waals surface area contributed by atoms with E-state index in [1.54, 1.807) is 11.6 Å². The number of thioether (sulfide) groups is 1. The molecule has 1 aromatic heterocycles. The topological polar surface area (TPSA) is 47.8 Å². The number of hydrogen-bond donors (Lipinski definition) is 0. The molecule has 0 spiro atoms. The van der Waals surface area contributed by atoms with E-state index in [0.29, 0.717) is 16.8 Å². The van der Waals surface area contributed by atoms with Gasteiger partial charge in [-0.25, -0.2) is 0 Å². The van der Waals surface area contributed by atoms with E-state index in [1.165, 1.54) is 37.4 Å². The lowest BCUT2D eigenvalue weighted by molar-refractivity contribution is 0.531. The van der Waals surface area contributed by atoms with Crippen LogP contribution in [0, 0.1) is 0 Å². The Kier molecular flexibility index (Phi) is 4.20. The van der Waals surface area contributed by atoms with Crippen molar-refractivity contribution in [2.45, 2.75) is 49.6 Å². The summed E-state index contributed by atoms with van der Waals surface area (Å²) in [7, 11) is 1.78. The van der Waals surface area contributed by atoms with Crippen LogP contribution in [0.15, 0.2) is 9.95 Å². The predicted molar refractivity (Wildman–Crippen MR) is 69.5 cm³/mol. The summed E-state index contributed by atoms with van der Waals surface area (Å²) in [6, 6.07) is 0. The summed E-state index contributed by atoms with van der Waals surface area (Å²) in [6.07, 6.45) is 9.07. The molecule has 2 rings (SSSR count). The van der Waals surface area contributed by atoms with Crippen LogP contribution in [0.2, 0.25) is 0 Å². The molecule has 1 aromatic rings. The zero-order chi connectivity index (χ0) is 12.3. The van der Waals surface area contributed by atoms with Gasteiger partial charge in [0.15, 0.2) is 5.16 Å². The van der Waals surface area contributed by atoms with Gasteiger partial charge in [-0.2, -0.15) is 0 Å². The van der Waals surface area contributed by atoms with Crippen molar-refractivity contribution in [1.82, 2.24) is 14.8 Å². The molecule has 1 heterocycles. The highest BCUT2D eigenvalue weighted by Crippen LogP contribution is 2.28. The van der Waals surface area contributed by atoms with E-state index in [9.17, 15) is 4.79 Å². The quantitative estimate of drug-likeness (QED) is 0.599. The van der Waals surface area contributed by atoms with Crippen molar-refractivity contribution in [3.63, 3.8) is 0 Å². The molecule has 17 heavy (non-hydrogen) atoms. The first-order valence-corrected chi connectivity index (χ1v) is 7.44. The van der Waals surface area contributed by atoms with Crippen molar-refractivity contribution >= 4 is 11.8 Å². The second-order valence-electron chi connectivity index (χ2n) is 4.62. The van der Waals surface area contributed by atoms with E-state index in [1.807, 2.05) is 6.26 Å². The van der Waals surface area contributed by atoms with Gasteiger partial charge in [0.1, 0.15) is 5.69 Å². The van der Waals surface area contributed by atoms with Crippen molar-refractivity contribution < 1.29 is 0 Å². The molecule has 5 heteroatoms. The summed E-state index contributed by atoms with van der Waals surface area (Å²) in [5.74, 6) is 0.319. The fourth-order valence-corrected chi connectivity index (χ4v) is 2.93. The van der Waals surface area contributed by atoms with Crippen molar-refractivity contribution in [3.8, 4) is 0 Å². The van der Waals surface area contributed by atoms with Crippen LogP contribution in [0.1, 0.15) is 50.1 Å². The SMILES string of the molecule is CSc1nnc(C2CCCCCC2)c(=O)n1C. The molecule has 0 atom stereocenters. The average Bonchev–Trinajstić information content (AvgIpc) is 2.61. The fourth-order valence-electron chi connectivity index (χ4n) is 2.45. The van der Waals surface area contributed by atoms with Gasteiger partial charge >= 0.3 is 0 Å². The third-order valence-electron chi connectivity index (χ3n) is 3.48. The molecule has 0 aromatic carbocycles. The number of aromatic nitrogens is 3. The van der Waals surface area contributed by atoms with Gasteiger partial charge in [-0.15, -0.1) is 10.2 Å². The molecule has 4 nitrogen and oxygen atoms in total. The average molecular weight is 253 g/mol. The molecular weight excluding hydrogens is 234 g/mol. The Balaban J connectivity index is 2.32. The van der Waals surface area contributed by atoms with Gasteiger partial charge in [0.25, 0.3) is 5.56 Å². The molecule has 0 N–H and O–H groups in total. The van der Waals surface area contributed by atoms with Gasteiger partial charge in [-0.1, -0.05) is 37.4 Å². The molecule has 1 aliphatic carbocycles. The van der Waals surface area contributed by atoms with Gasteiger partial charge in [0, 0.05) is 13.0 Å². The summed E-state index contributed by atoms with van der Waals surface area (Å²) < 4.78 is 1.62. The van der Waals surface area contributed by atoms with Crippen LogP contribution >= 0.6 is 11.8 Å². The van der Waals surface area contributed by atoms with Crippen molar-refractivity contribution in [2.24, 2.45) is 7.05 Å². The highest BCUT2D eigenvalue weighted by Gasteiger charge is 2.20. The Morgan fingerprint density at radius 2 is 1.82 bits per heavy atom. The van der Waals surface area contributed by atoms with Gasteiger partial charge in [0.2, 0.25) is 0 Å². The Hall–Kier alpha value is -0.840. The van der Waals surface area contributed by atoms with Gasteiger partial charge in [0.05, 0.1) is 0 Å². The lowest BCUT2D eigenvalue weighted by atomic mass is 9.97. The molecule has 0 radical (unpaired) electrons. The highest BCUT2D eigenvalue weighted by atomic mass is 32.2. The Morgan fingerprint density at radius 3 is 2.41 bits per heavy atom. The highest BCUT2D eigenvalue weighted by molar-refractivity contribution is 7.98. The molecule has 0 saturated heterocycles. The first-order valence-electron chi connectivity index (χ1n) is 6.21. The van der Waals surface area contributed by atoms with Crippen LogP contribution < -0.4 is 5.56 Å². The molecule has 1 saturated carbocycles. The molecule has 0 aliphatic heterocycles. The summed E-state index contributed by atoms with van der Waals surface area (Å²) in [5.41, 5.74) is 0.712. The van der Waals surface area contributed by atoms with E-state index >= 15 is 0 Å². The maximum Gasteiger partial charge on any atom is 0.276 e. The zero-order valence-electron chi connectivity index (χ0n) is 10.5. The smallest absolute Gasteiger partial charge is 0.276 e. The molecule has 0 amide bonds. The first kappa shape index (κ1) is 12.6. The van der Waals surface area contributed by atoms with Gasteiger partial charge in [-0.05, 0) is 19.1 Å². The fraction of sp³-hybridized carbons (Fsp3) is 0.750. The van der Waals surface area contributed by atoms with Crippen LogP contribution in [0.4, 0.5) is 0 Å². The molecular formula is C12H19N3OS. The number of nitrogens with zero attached hydrogens (tertiary/aromatic N) is 3. The predicted octanol–water partition coefficient (Wildman–Crippen LogP) is 2.33. The van der Waals surface area contributed by atoms with Crippen LogP contribution in [-0.4, -0.2) is 21.0 Å². The number of rotatable bonds is 2. The van der Waals surface area contributed by atoms with Crippen LogP contribution in [0.5, 0.6) is 0 Å². The summed E-state index contributed by atoms with van der Waals surface area (Å²) >= 11 is 1.46. The Morgan fingerprint density at radius 1 is 1.18 bits per heavy atom. The standard InChI is InChI=1S/C12H19N3OS/c1-15-11(16)10(13-14-12(15)17-2)9-7-5-3-4-6-8-9/h9H,3-8H2,1-2H3. The second-order valence-corrected chi connectivity index (χ2v) is 5.40. The lowest BCUT2D eigenvalue weighted by Crippen LogP contribution is -2.27. The summed E-state index contributed by atoms with van der Waals surface area (Å²) in [4.78, 5) is 12.2. The Bertz CT molecular complexity index is 436. The maximum absolute atomic E-state index is 12.2. The van der Waals surface area contributed by atoms with Crippen molar-refractivity contribution in [1.29, 1.82) is 0 Å². The minimum atomic E-state index is 0.0382.